The minimum absolute atomic E-state index is 0.522. The summed E-state index contributed by atoms with van der Waals surface area (Å²) < 4.78 is 0. The van der Waals surface area contributed by atoms with E-state index >= 15 is 0 Å². The maximum absolute atomic E-state index is 5.10. The first-order valence-corrected chi connectivity index (χ1v) is 11.8. The molecule has 36 heavy (non-hydrogen) atoms. The molecule has 0 aliphatic heterocycles. The number of anilines is 2. The van der Waals surface area contributed by atoms with Crippen molar-refractivity contribution in [2.75, 3.05) is 4.90 Å². The Kier molecular flexibility index (Phi) is 4.74. The molecule has 0 bridgehead atoms. The van der Waals surface area contributed by atoms with Crippen molar-refractivity contribution in [3.63, 3.8) is 0 Å². The van der Waals surface area contributed by atoms with Gasteiger partial charge in [0.25, 0.3) is 0 Å². The Balaban J connectivity index is 1.45. The zero-order chi connectivity index (χ0) is 23.9. The molecule has 0 N–H and O–H groups in total. The summed E-state index contributed by atoms with van der Waals surface area (Å²) in [5.74, 6) is 1.57. The lowest BCUT2D eigenvalue weighted by Crippen LogP contribution is -2.19. The van der Waals surface area contributed by atoms with Gasteiger partial charge in [0, 0.05) is 40.1 Å². The predicted molar refractivity (Wildman–Crippen MR) is 144 cm³/mol. The Hall–Kier alpha value is -4.97. The number of rotatable bonds is 4. The fourth-order valence-corrected chi connectivity index (χ4v) is 4.66. The first-order valence-electron chi connectivity index (χ1n) is 11.8. The highest BCUT2D eigenvalue weighted by atomic mass is 15.2. The number of pyridine rings is 5. The highest BCUT2D eigenvalue weighted by Gasteiger charge is 2.17. The van der Waals surface area contributed by atoms with E-state index in [-0.39, 0.29) is 0 Å². The summed E-state index contributed by atoms with van der Waals surface area (Å²) in [5.41, 5.74) is 4.43. The number of fused-ring (bicyclic) bond motifs is 6. The lowest BCUT2D eigenvalue weighted by molar-refractivity contribution is 0.896. The van der Waals surface area contributed by atoms with Crippen LogP contribution in [0.2, 0.25) is 0 Å². The monoisotopic (exact) mass is 464 g/mol. The first kappa shape index (κ1) is 20.4. The average Bonchev–Trinajstić information content (AvgIpc) is 2.96. The van der Waals surface area contributed by atoms with Crippen molar-refractivity contribution >= 4 is 55.2 Å². The molecule has 7 aromatic rings. The van der Waals surface area contributed by atoms with E-state index in [2.05, 4.69) is 68.4 Å². The summed E-state index contributed by atoms with van der Waals surface area (Å²) in [4.78, 5) is 26.1. The van der Waals surface area contributed by atoms with E-state index in [4.69, 9.17) is 9.97 Å². The molecule has 0 aliphatic rings. The van der Waals surface area contributed by atoms with Crippen LogP contribution in [-0.2, 0) is 6.54 Å². The van der Waals surface area contributed by atoms with Crippen molar-refractivity contribution in [3.05, 3.63) is 115 Å². The normalized spacial score (nSPS) is 11.4. The van der Waals surface area contributed by atoms with Crippen LogP contribution in [0.4, 0.5) is 11.6 Å². The van der Waals surface area contributed by atoms with Crippen molar-refractivity contribution in [1.82, 2.24) is 24.9 Å². The first-order chi connectivity index (χ1) is 17.8. The molecule has 5 heterocycles. The van der Waals surface area contributed by atoms with Gasteiger partial charge in [-0.2, -0.15) is 0 Å². The van der Waals surface area contributed by atoms with Gasteiger partial charge in [-0.05, 0) is 48.5 Å². The molecule has 7 rings (SSSR count). The number of hydrogen-bond donors (Lipinski definition) is 0. The van der Waals surface area contributed by atoms with Crippen LogP contribution in [-0.4, -0.2) is 24.9 Å². The van der Waals surface area contributed by atoms with Gasteiger partial charge in [-0.25, -0.2) is 9.97 Å². The number of nitrogens with zero attached hydrogens (tertiary/aromatic N) is 6. The summed E-state index contributed by atoms with van der Waals surface area (Å²) in [5, 5.41) is 4.22. The van der Waals surface area contributed by atoms with Crippen molar-refractivity contribution < 1.29 is 0 Å². The van der Waals surface area contributed by atoms with Gasteiger partial charge in [-0.15, -0.1) is 0 Å². The average molecular weight is 465 g/mol. The maximum atomic E-state index is 5.10. The number of hydrogen-bond acceptors (Lipinski definition) is 6. The molecule has 0 fully saturated rings. The Bertz CT molecular complexity index is 1770. The Morgan fingerprint density at radius 1 is 0.444 bits per heavy atom. The molecule has 0 saturated carbocycles. The third kappa shape index (κ3) is 3.47. The molecule has 6 heteroatoms. The second-order valence-electron chi connectivity index (χ2n) is 8.67. The highest BCUT2D eigenvalue weighted by Crippen LogP contribution is 2.31. The van der Waals surface area contributed by atoms with Crippen LogP contribution in [0.25, 0.3) is 43.6 Å². The summed E-state index contributed by atoms with van der Waals surface area (Å²) >= 11 is 0. The minimum atomic E-state index is 0.522. The quantitative estimate of drug-likeness (QED) is 0.273. The largest absolute Gasteiger partial charge is 0.305 e. The van der Waals surface area contributed by atoms with Crippen LogP contribution >= 0.6 is 0 Å². The fraction of sp³-hybridized carbons (Fsp3) is 0.0333. The molecular formula is C30H20N6. The van der Waals surface area contributed by atoms with E-state index in [0.717, 1.165) is 60.9 Å². The molecule has 0 radical (unpaired) electrons. The second-order valence-corrected chi connectivity index (χ2v) is 8.67. The molecule has 0 amide bonds. The molecule has 0 saturated heterocycles. The Morgan fingerprint density at radius 3 is 1.47 bits per heavy atom. The molecule has 0 aliphatic carbocycles. The van der Waals surface area contributed by atoms with Gasteiger partial charge in [0.2, 0.25) is 0 Å². The van der Waals surface area contributed by atoms with E-state index in [9.17, 15) is 0 Å². The minimum Gasteiger partial charge on any atom is -0.305 e. The zero-order valence-electron chi connectivity index (χ0n) is 19.3. The molecule has 0 atom stereocenters. The third-order valence-electron chi connectivity index (χ3n) is 6.43. The lowest BCUT2D eigenvalue weighted by Gasteiger charge is -2.23. The third-order valence-corrected chi connectivity index (χ3v) is 6.43. The van der Waals surface area contributed by atoms with Gasteiger partial charge in [-0.1, -0.05) is 42.5 Å². The van der Waals surface area contributed by atoms with Crippen molar-refractivity contribution in [2.24, 2.45) is 0 Å². The standard InChI is InChI=1S/C30H20N6/c1-2-16-31-24(7-1)19-36(25-14-12-22-10-8-20-5-3-17-32-27(20)29(22)34-25)26-15-13-23-11-9-21-6-4-18-33-28(21)30(23)35-26/h1-18H,19H2. The van der Waals surface area contributed by atoms with Gasteiger partial charge in [0.05, 0.1) is 34.3 Å². The van der Waals surface area contributed by atoms with Crippen LogP contribution < -0.4 is 4.90 Å². The number of benzene rings is 2. The van der Waals surface area contributed by atoms with Crippen molar-refractivity contribution in [3.8, 4) is 0 Å². The Labute approximate surface area is 206 Å². The molecule has 5 aromatic heterocycles. The Morgan fingerprint density at radius 2 is 0.944 bits per heavy atom. The van der Waals surface area contributed by atoms with Crippen LogP contribution in [0.1, 0.15) is 5.69 Å². The van der Waals surface area contributed by atoms with E-state index in [1.54, 1.807) is 0 Å². The van der Waals surface area contributed by atoms with E-state index in [0.29, 0.717) is 6.54 Å². The smallest absolute Gasteiger partial charge is 0.135 e. The highest BCUT2D eigenvalue weighted by molar-refractivity contribution is 6.04. The summed E-state index contributed by atoms with van der Waals surface area (Å²) in [7, 11) is 0. The molecule has 0 unspecified atom stereocenters. The molecule has 0 spiro atoms. The zero-order valence-corrected chi connectivity index (χ0v) is 19.3. The second kappa shape index (κ2) is 8.36. The predicted octanol–water partition coefficient (Wildman–Crippen LogP) is 6.61. The number of aromatic nitrogens is 5. The van der Waals surface area contributed by atoms with Crippen molar-refractivity contribution in [1.29, 1.82) is 0 Å². The van der Waals surface area contributed by atoms with Crippen LogP contribution in [0.3, 0.4) is 0 Å². The summed E-state index contributed by atoms with van der Waals surface area (Å²) in [6.07, 6.45) is 5.43. The van der Waals surface area contributed by atoms with E-state index < -0.39 is 0 Å². The van der Waals surface area contributed by atoms with Crippen LogP contribution in [0.15, 0.2) is 110 Å². The topological polar surface area (TPSA) is 67.7 Å². The molecule has 2 aromatic carbocycles. The van der Waals surface area contributed by atoms with Gasteiger partial charge < -0.3 is 4.90 Å². The maximum Gasteiger partial charge on any atom is 0.135 e. The van der Waals surface area contributed by atoms with E-state index in [1.165, 1.54) is 0 Å². The fourth-order valence-electron chi connectivity index (χ4n) is 4.66. The van der Waals surface area contributed by atoms with Crippen LogP contribution in [0, 0.1) is 0 Å². The van der Waals surface area contributed by atoms with E-state index in [1.807, 2.05) is 61.1 Å². The molecular weight excluding hydrogens is 444 g/mol. The molecule has 6 nitrogen and oxygen atoms in total. The van der Waals surface area contributed by atoms with Crippen LogP contribution in [0.5, 0.6) is 0 Å². The van der Waals surface area contributed by atoms with Gasteiger partial charge in [0.15, 0.2) is 0 Å². The lowest BCUT2D eigenvalue weighted by atomic mass is 10.1. The SMILES string of the molecule is c1ccc(CN(c2ccc3ccc4cccnc4c3n2)c2ccc3ccc4cccnc4c3n2)nc1. The molecule has 170 valence electrons. The summed E-state index contributed by atoms with van der Waals surface area (Å²) in [6, 6.07) is 30.6. The van der Waals surface area contributed by atoms with Gasteiger partial charge >= 0.3 is 0 Å². The van der Waals surface area contributed by atoms with Crippen molar-refractivity contribution in [2.45, 2.75) is 6.54 Å². The van der Waals surface area contributed by atoms with Gasteiger partial charge in [0.1, 0.15) is 11.6 Å². The summed E-state index contributed by atoms with van der Waals surface area (Å²) in [6.45, 7) is 0.522. The van der Waals surface area contributed by atoms with Gasteiger partial charge in [-0.3, -0.25) is 15.0 Å².